The number of benzene rings is 1. The molecule has 0 fully saturated rings. The van der Waals surface area contributed by atoms with Crippen molar-refractivity contribution in [2.75, 3.05) is 5.75 Å². The molecule has 8 heteroatoms. The standard InChI is InChI=1S/C19H20ClN5OS/c1-19(2,3)22-16(26)12-27-18-24-23-17(15-6-4-5-11-21-15)25(18)14-9-7-13(20)8-10-14/h4-11H,12H2,1-3H3,(H,22,26). The Morgan fingerprint density at radius 2 is 1.89 bits per heavy atom. The van der Waals surface area contributed by atoms with Gasteiger partial charge in [0.1, 0.15) is 5.69 Å². The molecule has 0 saturated carbocycles. The van der Waals surface area contributed by atoms with Crippen LogP contribution in [-0.4, -0.2) is 36.9 Å². The number of pyridine rings is 1. The van der Waals surface area contributed by atoms with Crippen LogP contribution in [0.5, 0.6) is 0 Å². The van der Waals surface area contributed by atoms with E-state index in [2.05, 4.69) is 20.5 Å². The van der Waals surface area contributed by atoms with E-state index in [1.807, 2.05) is 55.7 Å². The zero-order valence-corrected chi connectivity index (χ0v) is 16.9. The molecule has 3 aromatic rings. The lowest BCUT2D eigenvalue weighted by atomic mass is 10.1. The second-order valence-electron chi connectivity index (χ2n) is 6.92. The molecule has 3 rings (SSSR count). The van der Waals surface area contributed by atoms with Crippen molar-refractivity contribution in [1.82, 2.24) is 25.1 Å². The summed E-state index contributed by atoms with van der Waals surface area (Å²) < 4.78 is 1.88. The molecule has 0 aliphatic heterocycles. The van der Waals surface area contributed by atoms with Gasteiger partial charge in [-0.2, -0.15) is 0 Å². The van der Waals surface area contributed by atoms with Gasteiger partial charge in [0.15, 0.2) is 11.0 Å². The summed E-state index contributed by atoms with van der Waals surface area (Å²) in [7, 11) is 0. The number of nitrogens with zero attached hydrogens (tertiary/aromatic N) is 4. The number of hydrogen-bond acceptors (Lipinski definition) is 5. The average Bonchev–Trinajstić information content (AvgIpc) is 3.04. The van der Waals surface area contributed by atoms with Gasteiger partial charge < -0.3 is 5.32 Å². The van der Waals surface area contributed by atoms with E-state index in [-0.39, 0.29) is 17.2 Å². The second-order valence-corrected chi connectivity index (χ2v) is 8.30. The molecular weight excluding hydrogens is 382 g/mol. The van der Waals surface area contributed by atoms with Crippen LogP contribution in [0.1, 0.15) is 20.8 Å². The molecule has 0 bridgehead atoms. The number of hydrogen-bond donors (Lipinski definition) is 1. The van der Waals surface area contributed by atoms with Crippen molar-refractivity contribution in [3.05, 3.63) is 53.7 Å². The van der Waals surface area contributed by atoms with Crippen LogP contribution in [0, 0.1) is 0 Å². The minimum atomic E-state index is -0.277. The van der Waals surface area contributed by atoms with E-state index in [1.54, 1.807) is 18.3 Å². The van der Waals surface area contributed by atoms with Gasteiger partial charge >= 0.3 is 0 Å². The smallest absolute Gasteiger partial charge is 0.230 e. The first-order valence-corrected chi connectivity index (χ1v) is 9.76. The molecule has 0 aliphatic rings. The van der Waals surface area contributed by atoms with Gasteiger partial charge in [-0.05, 0) is 57.2 Å². The zero-order valence-electron chi connectivity index (χ0n) is 15.3. The van der Waals surface area contributed by atoms with Crippen molar-refractivity contribution < 1.29 is 4.79 Å². The summed E-state index contributed by atoms with van der Waals surface area (Å²) in [6.07, 6.45) is 1.71. The van der Waals surface area contributed by atoms with E-state index in [0.717, 1.165) is 5.69 Å². The quantitative estimate of drug-likeness (QED) is 0.654. The zero-order chi connectivity index (χ0) is 19.4. The Morgan fingerprint density at radius 1 is 1.15 bits per heavy atom. The Balaban J connectivity index is 1.93. The molecule has 0 spiro atoms. The van der Waals surface area contributed by atoms with Crippen LogP contribution >= 0.6 is 23.4 Å². The summed E-state index contributed by atoms with van der Waals surface area (Å²) in [6.45, 7) is 5.85. The third-order valence-corrected chi connectivity index (χ3v) is 4.64. The van der Waals surface area contributed by atoms with Gasteiger partial charge in [-0.25, -0.2) is 0 Å². The molecule has 140 valence electrons. The van der Waals surface area contributed by atoms with Crippen LogP contribution in [0.2, 0.25) is 5.02 Å². The van der Waals surface area contributed by atoms with Crippen LogP contribution < -0.4 is 5.32 Å². The summed E-state index contributed by atoms with van der Waals surface area (Å²) in [5, 5.41) is 12.8. The highest BCUT2D eigenvalue weighted by molar-refractivity contribution is 7.99. The lowest BCUT2D eigenvalue weighted by molar-refractivity contribution is -0.119. The molecule has 2 heterocycles. The molecule has 27 heavy (non-hydrogen) atoms. The van der Waals surface area contributed by atoms with Gasteiger partial charge in [0, 0.05) is 22.4 Å². The number of rotatable bonds is 5. The molecule has 0 unspecified atom stereocenters. The third-order valence-electron chi connectivity index (χ3n) is 3.46. The van der Waals surface area contributed by atoms with Crippen LogP contribution in [0.3, 0.4) is 0 Å². The van der Waals surface area contributed by atoms with Crippen LogP contribution in [0.15, 0.2) is 53.8 Å². The Labute approximate surface area is 167 Å². The number of amides is 1. The van der Waals surface area contributed by atoms with Crippen LogP contribution in [0.25, 0.3) is 17.2 Å². The summed E-state index contributed by atoms with van der Waals surface area (Å²) in [6, 6.07) is 13.0. The molecule has 0 radical (unpaired) electrons. The Hall–Kier alpha value is -2.38. The normalized spacial score (nSPS) is 11.4. The number of aromatic nitrogens is 4. The van der Waals surface area contributed by atoms with Crippen molar-refractivity contribution in [3.8, 4) is 17.2 Å². The van der Waals surface area contributed by atoms with E-state index in [9.17, 15) is 4.79 Å². The Bertz CT molecular complexity index is 920. The molecule has 2 aromatic heterocycles. The molecule has 0 atom stereocenters. The molecular formula is C19H20ClN5OS. The van der Waals surface area contributed by atoms with Gasteiger partial charge in [0.05, 0.1) is 5.75 Å². The number of nitrogens with one attached hydrogen (secondary N) is 1. The predicted molar refractivity (Wildman–Crippen MR) is 108 cm³/mol. The highest BCUT2D eigenvalue weighted by Gasteiger charge is 2.19. The molecule has 0 aliphatic carbocycles. The molecule has 1 amide bonds. The minimum absolute atomic E-state index is 0.0578. The van der Waals surface area contributed by atoms with Crippen LogP contribution in [-0.2, 0) is 4.79 Å². The SMILES string of the molecule is CC(C)(C)NC(=O)CSc1nnc(-c2ccccn2)n1-c1ccc(Cl)cc1. The van der Waals surface area contributed by atoms with Gasteiger partial charge in [-0.1, -0.05) is 29.4 Å². The Morgan fingerprint density at radius 3 is 2.52 bits per heavy atom. The first-order valence-electron chi connectivity index (χ1n) is 8.40. The van der Waals surface area contributed by atoms with Crippen molar-refractivity contribution in [3.63, 3.8) is 0 Å². The Kier molecular flexibility index (Phi) is 5.82. The second kappa shape index (κ2) is 8.10. The average molecular weight is 402 g/mol. The minimum Gasteiger partial charge on any atom is -0.351 e. The first-order chi connectivity index (χ1) is 12.8. The number of carbonyl (C=O) groups is 1. The number of thioether (sulfide) groups is 1. The van der Waals surface area contributed by atoms with Gasteiger partial charge in [-0.15, -0.1) is 10.2 Å². The van der Waals surface area contributed by atoms with Crippen molar-refractivity contribution in [2.24, 2.45) is 0 Å². The van der Waals surface area contributed by atoms with E-state index in [1.165, 1.54) is 11.8 Å². The fourth-order valence-electron chi connectivity index (χ4n) is 2.43. The maximum Gasteiger partial charge on any atom is 0.230 e. The summed E-state index contributed by atoms with van der Waals surface area (Å²) in [5.74, 6) is 0.791. The summed E-state index contributed by atoms with van der Waals surface area (Å²) in [4.78, 5) is 16.6. The number of halogens is 1. The van der Waals surface area contributed by atoms with E-state index < -0.39 is 0 Å². The van der Waals surface area contributed by atoms with Crippen LogP contribution in [0.4, 0.5) is 0 Å². The van der Waals surface area contributed by atoms with E-state index >= 15 is 0 Å². The first kappa shape index (κ1) is 19.4. The maximum atomic E-state index is 12.2. The van der Waals surface area contributed by atoms with Gasteiger partial charge in [0.25, 0.3) is 0 Å². The fourth-order valence-corrected chi connectivity index (χ4v) is 3.31. The van der Waals surface area contributed by atoms with Gasteiger partial charge in [0.2, 0.25) is 5.91 Å². The molecule has 0 saturated heterocycles. The summed E-state index contributed by atoms with van der Waals surface area (Å²) >= 11 is 7.35. The summed E-state index contributed by atoms with van der Waals surface area (Å²) in [5.41, 5.74) is 1.27. The van der Waals surface area contributed by atoms with E-state index in [4.69, 9.17) is 11.6 Å². The monoisotopic (exact) mass is 401 g/mol. The van der Waals surface area contributed by atoms with Gasteiger partial charge in [-0.3, -0.25) is 14.3 Å². The lowest BCUT2D eigenvalue weighted by Gasteiger charge is -2.20. The maximum absolute atomic E-state index is 12.2. The van der Waals surface area contributed by atoms with E-state index in [0.29, 0.717) is 21.7 Å². The highest BCUT2D eigenvalue weighted by atomic mass is 35.5. The lowest BCUT2D eigenvalue weighted by Crippen LogP contribution is -2.41. The molecule has 6 nitrogen and oxygen atoms in total. The number of carbonyl (C=O) groups excluding carboxylic acids is 1. The predicted octanol–water partition coefficient (Wildman–Crippen LogP) is 3.99. The highest BCUT2D eigenvalue weighted by Crippen LogP contribution is 2.27. The third kappa shape index (κ3) is 5.08. The molecule has 1 aromatic carbocycles. The van der Waals surface area contributed by atoms with Crippen molar-refractivity contribution >= 4 is 29.3 Å². The molecule has 1 N–H and O–H groups in total. The fraction of sp³-hybridized carbons (Fsp3) is 0.263. The topological polar surface area (TPSA) is 72.7 Å². The largest absolute Gasteiger partial charge is 0.351 e. The van der Waals surface area contributed by atoms with Crippen molar-refractivity contribution in [1.29, 1.82) is 0 Å². The van der Waals surface area contributed by atoms with Crippen molar-refractivity contribution in [2.45, 2.75) is 31.5 Å².